The maximum atomic E-state index is 12.8. The van der Waals surface area contributed by atoms with Crippen LogP contribution in [0.3, 0.4) is 0 Å². The standard InChI is InChI=1S/C24H22N2O5/c1-14-6-5-7-15(10-14)24-26-18-13-17(8-9-19(18)31-24)25-23(27)16-11-20(28-2)22(30-4)21(12-16)29-3/h5-13H,1-4H3,(H,25,27). The monoisotopic (exact) mass is 418 g/mol. The molecular weight excluding hydrogens is 396 g/mol. The van der Waals surface area contributed by atoms with Gasteiger partial charge in [-0.1, -0.05) is 17.7 Å². The van der Waals surface area contributed by atoms with Crippen molar-refractivity contribution in [2.75, 3.05) is 26.6 Å². The first kappa shape index (κ1) is 20.3. The highest BCUT2D eigenvalue weighted by molar-refractivity contribution is 6.05. The van der Waals surface area contributed by atoms with Crippen LogP contribution in [0.25, 0.3) is 22.6 Å². The number of amides is 1. The lowest BCUT2D eigenvalue weighted by molar-refractivity contribution is 0.102. The van der Waals surface area contributed by atoms with Crippen LogP contribution < -0.4 is 19.5 Å². The Morgan fingerprint density at radius 1 is 0.935 bits per heavy atom. The van der Waals surface area contributed by atoms with E-state index < -0.39 is 0 Å². The SMILES string of the molecule is COc1cc(C(=O)Nc2ccc3oc(-c4cccc(C)c4)nc3c2)cc(OC)c1OC. The van der Waals surface area contributed by atoms with Crippen molar-refractivity contribution in [1.29, 1.82) is 0 Å². The summed E-state index contributed by atoms with van der Waals surface area (Å²) in [5, 5.41) is 2.88. The Bertz CT molecular complexity index is 1240. The van der Waals surface area contributed by atoms with Crippen molar-refractivity contribution in [2.45, 2.75) is 6.92 Å². The van der Waals surface area contributed by atoms with Gasteiger partial charge in [0, 0.05) is 16.8 Å². The number of hydrogen-bond donors (Lipinski definition) is 1. The Balaban J connectivity index is 1.62. The number of methoxy groups -OCH3 is 3. The zero-order chi connectivity index (χ0) is 22.0. The third kappa shape index (κ3) is 4.02. The van der Waals surface area contributed by atoms with E-state index in [4.69, 9.17) is 18.6 Å². The second-order valence-electron chi connectivity index (χ2n) is 6.94. The average molecular weight is 418 g/mol. The molecule has 0 bridgehead atoms. The number of ether oxygens (including phenoxy) is 3. The van der Waals surface area contributed by atoms with Gasteiger partial charge in [-0.05, 0) is 49.4 Å². The molecule has 0 fully saturated rings. The maximum absolute atomic E-state index is 12.8. The Morgan fingerprint density at radius 2 is 1.68 bits per heavy atom. The quantitative estimate of drug-likeness (QED) is 0.470. The van der Waals surface area contributed by atoms with Crippen molar-refractivity contribution >= 4 is 22.7 Å². The van der Waals surface area contributed by atoms with Crippen LogP contribution in [0.1, 0.15) is 15.9 Å². The second kappa shape index (κ2) is 8.39. The fourth-order valence-corrected chi connectivity index (χ4v) is 3.32. The number of aryl methyl sites for hydroxylation is 1. The summed E-state index contributed by atoms with van der Waals surface area (Å²) >= 11 is 0. The van der Waals surface area contributed by atoms with Gasteiger partial charge in [0.05, 0.1) is 21.3 Å². The van der Waals surface area contributed by atoms with E-state index in [2.05, 4.69) is 10.3 Å². The highest BCUT2D eigenvalue weighted by Gasteiger charge is 2.17. The van der Waals surface area contributed by atoms with E-state index in [1.54, 1.807) is 30.3 Å². The highest BCUT2D eigenvalue weighted by Crippen LogP contribution is 2.38. The number of aromatic nitrogens is 1. The summed E-state index contributed by atoms with van der Waals surface area (Å²) in [4.78, 5) is 17.4. The molecule has 158 valence electrons. The maximum Gasteiger partial charge on any atom is 0.255 e. The molecule has 3 aromatic carbocycles. The van der Waals surface area contributed by atoms with Crippen LogP contribution in [-0.4, -0.2) is 32.2 Å². The molecule has 0 spiro atoms. The van der Waals surface area contributed by atoms with E-state index in [1.807, 2.05) is 31.2 Å². The van der Waals surface area contributed by atoms with Crippen LogP contribution in [0.5, 0.6) is 17.2 Å². The van der Waals surface area contributed by atoms with E-state index in [9.17, 15) is 4.79 Å². The minimum atomic E-state index is -0.319. The molecule has 0 atom stereocenters. The van der Waals surface area contributed by atoms with E-state index in [-0.39, 0.29) is 5.91 Å². The van der Waals surface area contributed by atoms with Gasteiger partial charge < -0.3 is 23.9 Å². The van der Waals surface area contributed by atoms with Crippen molar-refractivity contribution in [3.05, 3.63) is 65.7 Å². The molecule has 0 aliphatic rings. The largest absolute Gasteiger partial charge is 0.493 e. The van der Waals surface area contributed by atoms with Crippen LogP contribution in [-0.2, 0) is 0 Å². The lowest BCUT2D eigenvalue weighted by Crippen LogP contribution is -2.12. The predicted molar refractivity (Wildman–Crippen MR) is 118 cm³/mol. The van der Waals surface area contributed by atoms with Gasteiger partial charge in [-0.3, -0.25) is 4.79 Å². The van der Waals surface area contributed by atoms with Gasteiger partial charge in [-0.25, -0.2) is 4.98 Å². The van der Waals surface area contributed by atoms with Crippen molar-refractivity contribution in [3.63, 3.8) is 0 Å². The summed E-state index contributed by atoms with van der Waals surface area (Å²) in [5.74, 6) is 1.45. The molecule has 0 unspecified atom stereocenters. The van der Waals surface area contributed by atoms with E-state index >= 15 is 0 Å². The number of oxazole rings is 1. The summed E-state index contributed by atoms with van der Waals surface area (Å²) in [7, 11) is 4.52. The number of carbonyl (C=O) groups is 1. The van der Waals surface area contributed by atoms with Gasteiger partial charge in [0.25, 0.3) is 5.91 Å². The third-order valence-electron chi connectivity index (χ3n) is 4.84. The van der Waals surface area contributed by atoms with E-state index in [1.165, 1.54) is 21.3 Å². The van der Waals surface area contributed by atoms with Gasteiger partial charge in [0.2, 0.25) is 11.6 Å². The van der Waals surface area contributed by atoms with Crippen LogP contribution >= 0.6 is 0 Å². The number of carbonyl (C=O) groups excluding carboxylic acids is 1. The van der Waals surface area contributed by atoms with Gasteiger partial charge >= 0.3 is 0 Å². The highest BCUT2D eigenvalue weighted by atomic mass is 16.5. The molecular formula is C24H22N2O5. The molecule has 7 nitrogen and oxygen atoms in total. The first-order chi connectivity index (χ1) is 15.0. The molecule has 1 heterocycles. The van der Waals surface area contributed by atoms with Gasteiger partial charge in [-0.2, -0.15) is 0 Å². The van der Waals surface area contributed by atoms with E-state index in [0.717, 1.165) is 11.1 Å². The Kier molecular flexibility index (Phi) is 5.49. The minimum Gasteiger partial charge on any atom is -0.493 e. The zero-order valence-corrected chi connectivity index (χ0v) is 17.7. The van der Waals surface area contributed by atoms with Crippen molar-refractivity contribution in [1.82, 2.24) is 4.98 Å². The summed E-state index contributed by atoms with van der Waals surface area (Å²) in [6, 6.07) is 16.5. The fourth-order valence-electron chi connectivity index (χ4n) is 3.32. The van der Waals surface area contributed by atoms with Crippen molar-refractivity contribution in [3.8, 4) is 28.7 Å². The van der Waals surface area contributed by atoms with Gasteiger partial charge in [0.1, 0.15) is 5.52 Å². The lowest BCUT2D eigenvalue weighted by atomic mass is 10.1. The van der Waals surface area contributed by atoms with Crippen LogP contribution in [0.2, 0.25) is 0 Å². The van der Waals surface area contributed by atoms with Gasteiger partial charge in [0.15, 0.2) is 17.1 Å². The Hall–Kier alpha value is -4.00. The number of rotatable bonds is 6. The normalized spacial score (nSPS) is 10.7. The van der Waals surface area contributed by atoms with Crippen LogP contribution in [0.4, 0.5) is 5.69 Å². The first-order valence-corrected chi connectivity index (χ1v) is 9.61. The summed E-state index contributed by atoms with van der Waals surface area (Å²) in [6.45, 7) is 2.02. The fraction of sp³-hybridized carbons (Fsp3) is 0.167. The van der Waals surface area contributed by atoms with Crippen LogP contribution in [0.15, 0.2) is 59.0 Å². The Morgan fingerprint density at radius 3 is 2.32 bits per heavy atom. The molecule has 4 aromatic rings. The molecule has 0 aliphatic heterocycles. The molecule has 1 amide bonds. The molecule has 4 rings (SSSR count). The number of anilines is 1. The number of benzene rings is 3. The molecule has 31 heavy (non-hydrogen) atoms. The number of fused-ring (bicyclic) bond motifs is 1. The van der Waals surface area contributed by atoms with Gasteiger partial charge in [-0.15, -0.1) is 0 Å². The molecule has 0 saturated heterocycles. The molecule has 1 aromatic heterocycles. The summed E-state index contributed by atoms with van der Waals surface area (Å²) in [5.41, 5.74) is 4.28. The summed E-state index contributed by atoms with van der Waals surface area (Å²) in [6.07, 6.45) is 0. The topological polar surface area (TPSA) is 82.8 Å². The molecule has 7 heteroatoms. The predicted octanol–water partition coefficient (Wildman–Crippen LogP) is 5.08. The van der Waals surface area contributed by atoms with Crippen molar-refractivity contribution < 1.29 is 23.4 Å². The van der Waals surface area contributed by atoms with E-state index in [0.29, 0.717) is 45.5 Å². The smallest absolute Gasteiger partial charge is 0.255 e. The third-order valence-corrected chi connectivity index (χ3v) is 4.84. The second-order valence-corrected chi connectivity index (χ2v) is 6.94. The summed E-state index contributed by atoms with van der Waals surface area (Å²) < 4.78 is 21.8. The van der Waals surface area contributed by atoms with Crippen molar-refractivity contribution in [2.24, 2.45) is 0 Å². The molecule has 0 radical (unpaired) electrons. The molecule has 1 N–H and O–H groups in total. The molecule has 0 aliphatic carbocycles. The minimum absolute atomic E-state index is 0.319. The lowest BCUT2D eigenvalue weighted by Gasteiger charge is -2.14. The first-order valence-electron chi connectivity index (χ1n) is 9.61. The molecule has 0 saturated carbocycles. The number of nitrogens with one attached hydrogen (secondary N) is 1. The number of hydrogen-bond acceptors (Lipinski definition) is 6. The number of nitrogens with zero attached hydrogens (tertiary/aromatic N) is 1. The zero-order valence-electron chi connectivity index (χ0n) is 17.7. The van der Waals surface area contributed by atoms with Crippen LogP contribution in [0, 0.1) is 6.92 Å². The average Bonchev–Trinajstić information content (AvgIpc) is 3.21. The Labute approximate surface area is 179 Å².